The summed E-state index contributed by atoms with van der Waals surface area (Å²) in [7, 11) is 0. The molecular weight excluding hydrogens is 244 g/mol. The quantitative estimate of drug-likeness (QED) is 0.739. The van der Waals surface area contributed by atoms with Gasteiger partial charge >= 0.3 is 0 Å². The Morgan fingerprint density at radius 2 is 1.94 bits per heavy atom. The van der Waals surface area contributed by atoms with Crippen molar-refractivity contribution >= 4 is 24.0 Å². The van der Waals surface area contributed by atoms with E-state index in [2.05, 4.69) is 62.2 Å². The van der Waals surface area contributed by atoms with E-state index in [1.165, 1.54) is 11.1 Å². The van der Waals surface area contributed by atoms with Crippen LogP contribution in [0.3, 0.4) is 0 Å². The molecule has 0 spiro atoms. The van der Waals surface area contributed by atoms with E-state index in [4.69, 9.17) is 0 Å². The molecule has 2 rings (SSSR count). The SMILES string of the molecule is [CH2]C(CCC)(c1ccccc1)c1ccsc1S. The molecule has 2 heteroatoms. The molecule has 1 unspecified atom stereocenters. The Morgan fingerprint density at radius 1 is 1.24 bits per heavy atom. The van der Waals surface area contributed by atoms with Crippen molar-refractivity contribution in [3.63, 3.8) is 0 Å². The van der Waals surface area contributed by atoms with Gasteiger partial charge in [0.25, 0.3) is 0 Å². The maximum atomic E-state index is 4.56. The third-order valence-electron chi connectivity index (χ3n) is 3.16. The highest BCUT2D eigenvalue weighted by Gasteiger charge is 2.30. The number of rotatable bonds is 4. The van der Waals surface area contributed by atoms with Crippen molar-refractivity contribution in [1.82, 2.24) is 0 Å². The Hall–Kier alpha value is -0.730. The summed E-state index contributed by atoms with van der Waals surface area (Å²) in [5.41, 5.74) is 2.36. The smallest absolute Gasteiger partial charge is 0.0609 e. The van der Waals surface area contributed by atoms with Gasteiger partial charge in [-0.05, 0) is 35.9 Å². The Labute approximate surface area is 113 Å². The fraction of sp³-hybridized carbons (Fsp3) is 0.267. The molecule has 89 valence electrons. The number of thiophene rings is 1. The zero-order valence-electron chi connectivity index (χ0n) is 10.0. The molecule has 0 aliphatic rings. The van der Waals surface area contributed by atoms with E-state index in [-0.39, 0.29) is 5.41 Å². The third-order valence-corrected chi connectivity index (χ3v) is 4.44. The van der Waals surface area contributed by atoms with Gasteiger partial charge in [0, 0.05) is 5.41 Å². The Kier molecular flexibility index (Phi) is 3.95. The number of hydrogen-bond donors (Lipinski definition) is 1. The monoisotopic (exact) mass is 261 g/mol. The van der Waals surface area contributed by atoms with Crippen molar-refractivity contribution < 1.29 is 0 Å². The van der Waals surface area contributed by atoms with Crippen molar-refractivity contribution in [2.45, 2.75) is 29.4 Å². The minimum absolute atomic E-state index is 0.160. The molecule has 0 bridgehead atoms. The Balaban J connectivity index is 2.50. The van der Waals surface area contributed by atoms with E-state index in [1.807, 2.05) is 6.07 Å². The van der Waals surface area contributed by atoms with Gasteiger partial charge in [0.05, 0.1) is 4.21 Å². The van der Waals surface area contributed by atoms with Crippen LogP contribution in [0.1, 0.15) is 30.9 Å². The number of hydrogen-bond acceptors (Lipinski definition) is 2. The first-order valence-electron chi connectivity index (χ1n) is 5.86. The van der Waals surface area contributed by atoms with Crippen LogP contribution in [0.4, 0.5) is 0 Å². The van der Waals surface area contributed by atoms with Gasteiger partial charge in [-0.3, -0.25) is 0 Å². The van der Waals surface area contributed by atoms with Gasteiger partial charge in [0.1, 0.15) is 0 Å². The van der Waals surface area contributed by atoms with Crippen LogP contribution in [0.15, 0.2) is 46.0 Å². The summed E-state index contributed by atoms with van der Waals surface area (Å²) in [4.78, 5) is 0. The molecule has 0 fully saturated rings. The van der Waals surface area contributed by atoms with Gasteiger partial charge in [-0.1, -0.05) is 43.7 Å². The normalized spacial score (nSPS) is 14.5. The van der Waals surface area contributed by atoms with Crippen molar-refractivity contribution in [3.8, 4) is 0 Å². The third kappa shape index (κ3) is 2.43. The summed E-state index contributed by atoms with van der Waals surface area (Å²) in [6.45, 7) is 6.69. The van der Waals surface area contributed by atoms with Gasteiger partial charge in [-0.25, -0.2) is 0 Å². The lowest BCUT2D eigenvalue weighted by molar-refractivity contribution is 0.560. The predicted octanol–water partition coefficient (Wildman–Crippen LogP) is 4.96. The molecule has 0 N–H and O–H groups in total. The van der Waals surface area contributed by atoms with Crippen LogP contribution in [0, 0.1) is 6.92 Å². The lowest BCUT2D eigenvalue weighted by Gasteiger charge is -2.30. The Morgan fingerprint density at radius 3 is 2.47 bits per heavy atom. The van der Waals surface area contributed by atoms with E-state index < -0.39 is 0 Å². The van der Waals surface area contributed by atoms with Gasteiger partial charge in [-0.15, -0.1) is 24.0 Å². The number of thiol groups is 1. The summed E-state index contributed by atoms with van der Waals surface area (Å²) in [6.07, 6.45) is 2.16. The molecule has 0 saturated carbocycles. The maximum Gasteiger partial charge on any atom is 0.0609 e. The second kappa shape index (κ2) is 5.28. The van der Waals surface area contributed by atoms with Crippen LogP contribution < -0.4 is 0 Å². The minimum Gasteiger partial charge on any atom is -0.137 e. The highest BCUT2D eigenvalue weighted by molar-refractivity contribution is 7.82. The van der Waals surface area contributed by atoms with Crippen molar-refractivity contribution in [3.05, 3.63) is 59.8 Å². The first kappa shape index (κ1) is 12.7. The van der Waals surface area contributed by atoms with E-state index in [0.717, 1.165) is 17.1 Å². The standard InChI is InChI=1S/C15H17S2/c1-3-10-15(2,12-7-5-4-6-8-12)13-9-11-17-14(13)16/h4-9,11,16H,2-3,10H2,1H3. The lowest BCUT2D eigenvalue weighted by atomic mass is 9.74. The molecule has 1 aromatic heterocycles. The molecule has 0 aliphatic heterocycles. The van der Waals surface area contributed by atoms with E-state index >= 15 is 0 Å². The van der Waals surface area contributed by atoms with E-state index in [1.54, 1.807) is 11.3 Å². The summed E-state index contributed by atoms with van der Waals surface area (Å²) in [5.74, 6) is 0. The predicted molar refractivity (Wildman–Crippen MR) is 79.1 cm³/mol. The van der Waals surface area contributed by atoms with Crippen molar-refractivity contribution in [2.75, 3.05) is 0 Å². The lowest BCUT2D eigenvalue weighted by Crippen LogP contribution is -2.23. The molecule has 0 nitrogen and oxygen atoms in total. The zero-order chi connectivity index (χ0) is 12.3. The molecule has 1 heterocycles. The first-order valence-corrected chi connectivity index (χ1v) is 7.19. The molecule has 17 heavy (non-hydrogen) atoms. The van der Waals surface area contributed by atoms with Crippen molar-refractivity contribution in [2.24, 2.45) is 0 Å². The van der Waals surface area contributed by atoms with Crippen molar-refractivity contribution in [1.29, 1.82) is 0 Å². The molecule has 0 aliphatic carbocycles. The highest BCUT2D eigenvalue weighted by Crippen LogP contribution is 2.40. The Bertz CT molecular complexity index is 473. The van der Waals surface area contributed by atoms with Gasteiger partial charge in [-0.2, -0.15) is 0 Å². The average Bonchev–Trinajstić information content (AvgIpc) is 2.77. The topological polar surface area (TPSA) is 0 Å². The van der Waals surface area contributed by atoms with Crippen LogP contribution in [-0.2, 0) is 5.41 Å². The van der Waals surface area contributed by atoms with Crippen LogP contribution in [0.2, 0.25) is 0 Å². The molecule has 1 atom stereocenters. The molecule has 1 aromatic carbocycles. The summed E-state index contributed by atoms with van der Waals surface area (Å²) in [6, 6.07) is 12.7. The number of benzene rings is 1. The second-order valence-corrected chi connectivity index (χ2v) is 6.00. The van der Waals surface area contributed by atoms with Crippen LogP contribution >= 0.6 is 24.0 Å². The molecule has 0 saturated heterocycles. The molecule has 2 aromatic rings. The van der Waals surface area contributed by atoms with Gasteiger partial charge in [0.15, 0.2) is 0 Å². The molecular formula is C15H17S2. The summed E-state index contributed by atoms with van der Waals surface area (Å²) >= 11 is 6.24. The van der Waals surface area contributed by atoms with Gasteiger partial charge in [0.2, 0.25) is 0 Å². The van der Waals surface area contributed by atoms with Crippen LogP contribution in [-0.4, -0.2) is 0 Å². The average molecular weight is 261 g/mol. The van der Waals surface area contributed by atoms with Gasteiger partial charge < -0.3 is 0 Å². The minimum atomic E-state index is -0.160. The summed E-state index contributed by atoms with van der Waals surface area (Å²) in [5, 5.41) is 2.09. The fourth-order valence-corrected chi connectivity index (χ4v) is 3.48. The van der Waals surface area contributed by atoms with E-state index in [0.29, 0.717) is 0 Å². The molecule has 1 radical (unpaired) electrons. The maximum absolute atomic E-state index is 4.56. The summed E-state index contributed by atoms with van der Waals surface area (Å²) < 4.78 is 1.08. The zero-order valence-corrected chi connectivity index (χ0v) is 11.7. The first-order chi connectivity index (χ1) is 8.18. The fourth-order valence-electron chi connectivity index (χ4n) is 2.28. The van der Waals surface area contributed by atoms with E-state index in [9.17, 15) is 0 Å². The highest BCUT2D eigenvalue weighted by atomic mass is 32.2. The second-order valence-electron chi connectivity index (χ2n) is 4.34. The van der Waals surface area contributed by atoms with Crippen LogP contribution in [0.25, 0.3) is 0 Å². The van der Waals surface area contributed by atoms with Crippen LogP contribution in [0.5, 0.6) is 0 Å². The largest absolute Gasteiger partial charge is 0.137 e. The molecule has 0 amide bonds.